The second-order valence-corrected chi connectivity index (χ2v) is 6.81. The van der Waals surface area contributed by atoms with Gasteiger partial charge in [-0.3, -0.25) is 0 Å². The van der Waals surface area contributed by atoms with Gasteiger partial charge in [-0.2, -0.15) is 5.10 Å². The molecule has 0 radical (unpaired) electrons. The SMILES string of the molecule is Cc1ccn(-c2cccc(CCNC(=O)NCc3ccc(Cl)c(Cl)c3)n2)n1. The Hall–Kier alpha value is -2.57. The summed E-state index contributed by atoms with van der Waals surface area (Å²) in [5.41, 5.74) is 2.69. The van der Waals surface area contributed by atoms with Crippen molar-refractivity contribution in [3.8, 4) is 5.82 Å². The predicted octanol–water partition coefficient (Wildman–Crippen LogP) is 3.92. The summed E-state index contributed by atoms with van der Waals surface area (Å²) in [6.07, 6.45) is 2.49. The normalized spacial score (nSPS) is 10.6. The molecule has 140 valence electrons. The van der Waals surface area contributed by atoms with Crippen molar-refractivity contribution in [2.45, 2.75) is 19.9 Å². The molecule has 0 atom stereocenters. The molecule has 6 nitrogen and oxygen atoms in total. The summed E-state index contributed by atoms with van der Waals surface area (Å²) in [5, 5.41) is 10.9. The lowest BCUT2D eigenvalue weighted by molar-refractivity contribution is 0.240. The van der Waals surface area contributed by atoms with Crippen LogP contribution in [0.3, 0.4) is 0 Å². The molecule has 8 heteroatoms. The number of halogens is 2. The van der Waals surface area contributed by atoms with Crippen LogP contribution in [-0.4, -0.2) is 27.3 Å². The van der Waals surface area contributed by atoms with Crippen molar-refractivity contribution < 1.29 is 4.79 Å². The molecule has 0 bridgehead atoms. The number of aryl methyl sites for hydroxylation is 1. The molecule has 0 unspecified atom stereocenters. The zero-order chi connectivity index (χ0) is 19.2. The van der Waals surface area contributed by atoms with Crippen LogP contribution in [0.5, 0.6) is 0 Å². The van der Waals surface area contributed by atoms with Gasteiger partial charge in [0.05, 0.1) is 15.7 Å². The largest absolute Gasteiger partial charge is 0.338 e. The standard InChI is InChI=1S/C19H19Cl2N5O/c1-13-8-10-26(25-13)18-4-2-3-15(24-18)7-9-22-19(27)23-12-14-5-6-16(20)17(21)11-14/h2-6,8,10-11H,7,9,12H2,1H3,(H2,22,23,27). The smallest absolute Gasteiger partial charge is 0.315 e. The zero-order valence-corrected chi connectivity index (χ0v) is 16.3. The van der Waals surface area contributed by atoms with Gasteiger partial charge in [-0.25, -0.2) is 14.5 Å². The number of pyridine rings is 1. The van der Waals surface area contributed by atoms with Gasteiger partial charge in [0.1, 0.15) is 0 Å². The summed E-state index contributed by atoms with van der Waals surface area (Å²) in [6, 6.07) is 12.7. The monoisotopic (exact) mass is 403 g/mol. The first-order valence-corrected chi connectivity index (χ1v) is 9.21. The Labute approximate surface area is 167 Å². The maximum atomic E-state index is 11.9. The van der Waals surface area contributed by atoms with Crippen molar-refractivity contribution in [2.24, 2.45) is 0 Å². The van der Waals surface area contributed by atoms with Crippen LogP contribution in [-0.2, 0) is 13.0 Å². The van der Waals surface area contributed by atoms with Crippen LogP contribution in [0.25, 0.3) is 5.82 Å². The number of nitrogens with one attached hydrogen (secondary N) is 2. The molecule has 2 heterocycles. The molecule has 0 spiro atoms. The highest BCUT2D eigenvalue weighted by molar-refractivity contribution is 6.42. The first-order chi connectivity index (χ1) is 13.0. The van der Waals surface area contributed by atoms with Crippen LogP contribution in [0, 0.1) is 6.92 Å². The summed E-state index contributed by atoms with van der Waals surface area (Å²) < 4.78 is 1.73. The maximum absolute atomic E-state index is 11.9. The van der Waals surface area contributed by atoms with Gasteiger partial charge in [0.2, 0.25) is 0 Å². The van der Waals surface area contributed by atoms with Crippen LogP contribution in [0.2, 0.25) is 10.0 Å². The first kappa shape index (κ1) is 19.2. The van der Waals surface area contributed by atoms with Gasteiger partial charge in [0, 0.05) is 31.4 Å². The molecule has 2 amide bonds. The highest BCUT2D eigenvalue weighted by atomic mass is 35.5. The predicted molar refractivity (Wildman–Crippen MR) is 107 cm³/mol. The molecular formula is C19H19Cl2N5O. The van der Waals surface area contributed by atoms with Gasteiger partial charge in [-0.05, 0) is 42.8 Å². The Morgan fingerprint density at radius 2 is 1.96 bits per heavy atom. The molecule has 0 aliphatic heterocycles. The third kappa shape index (κ3) is 5.45. The lowest BCUT2D eigenvalue weighted by Crippen LogP contribution is -2.36. The summed E-state index contributed by atoms with van der Waals surface area (Å²) in [7, 11) is 0. The highest BCUT2D eigenvalue weighted by Crippen LogP contribution is 2.22. The molecule has 0 aliphatic carbocycles. The lowest BCUT2D eigenvalue weighted by Gasteiger charge is -2.09. The summed E-state index contributed by atoms with van der Waals surface area (Å²) in [6.45, 7) is 2.78. The minimum atomic E-state index is -0.250. The van der Waals surface area contributed by atoms with E-state index in [1.54, 1.807) is 16.8 Å². The van der Waals surface area contributed by atoms with Gasteiger partial charge < -0.3 is 10.6 Å². The second kappa shape index (κ2) is 8.88. The van der Waals surface area contributed by atoms with E-state index in [0.29, 0.717) is 29.6 Å². The van der Waals surface area contributed by atoms with E-state index >= 15 is 0 Å². The Morgan fingerprint density at radius 1 is 1.11 bits per heavy atom. The molecule has 2 aromatic heterocycles. The van der Waals surface area contributed by atoms with Crippen molar-refractivity contribution >= 4 is 29.2 Å². The van der Waals surface area contributed by atoms with Crippen LogP contribution in [0.1, 0.15) is 17.0 Å². The van der Waals surface area contributed by atoms with Crippen molar-refractivity contribution in [3.05, 3.63) is 75.7 Å². The Kier molecular flexibility index (Phi) is 6.32. The lowest BCUT2D eigenvalue weighted by atomic mass is 10.2. The Bertz CT molecular complexity index is 941. The van der Waals surface area contributed by atoms with Gasteiger partial charge in [-0.1, -0.05) is 35.3 Å². The van der Waals surface area contributed by atoms with E-state index in [9.17, 15) is 4.79 Å². The molecule has 0 saturated carbocycles. The summed E-state index contributed by atoms with van der Waals surface area (Å²) in [5.74, 6) is 0.754. The second-order valence-electron chi connectivity index (χ2n) is 6.00. The molecule has 27 heavy (non-hydrogen) atoms. The van der Waals surface area contributed by atoms with E-state index in [4.69, 9.17) is 23.2 Å². The molecular weight excluding hydrogens is 385 g/mol. The minimum Gasteiger partial charge on any atom is -0.338 e. The fourth-order valence-corrected chi connectivity index (χ4v) is 2.80. The molecule has 0 aliphatic rings. The number of nitrogens with zero attached hydrogens (tertiary/aromatic N) is 3. The Morgan fingerprint density at radius 3 is 2.70 bits per heavy atom. The van der Waals surface area contributed by atoms with Crippen molar-refractivity contribution in [3.63, 3.8) is 0 Å². The molecule has 3 aromatic rings. The number of carbonyl (C=O) groups excluding carboxylic acids is 1. The van der Waals surface area contributed by atoms with E-state index in [1.807, 2.05) is 43.5 Å². The van der Waals surface area contributed by atoms with E-state index in [0.717, 1.165) is 22.8 Å². The van der Waals surface area contributed by atoms with Crippen molar-refractivity contribution in [1.82, 2.24) is 25.4 Å². The fraction of sp³-hybridized carbons (Fsp3) is 0.211. The number of hydrogen-bond donors (Lipinski definition) is 2. The van der Waals surface area contributed by atoms with Crippen molar-refractivity contribution in [1.29, 1.82) is 0 Å². The van der Waals surface area contributed by atoms with Crippen LogP contribution >= 0.6 is 23.2 Å². The number of urea groups is 1. The molecule has 0 fully saturated rings. The highest BCUT2D eigenvalue weighted by Gasteiger charge is 2.05. The molecule has 3 rings (SSSR count). The first-order valence-electron chi connectivity index (χ1n) is 8.45. The van der Waals surface area contributed by atoms with Crippen LogP contribution < -0.4 is 10.6 Å². The van der Waals surface area contributed by atoms with E-state index in [1.165, 1.54) is 0 Å². The molecule has 2 N–H and O–H groups in total. The van der Waals surface area contributed by atoms with E-state index in [-0.39, 0.29) is 6.03 Å². The van der Waals surface area contributed by atoms with Gasteiger partial charge >= 0.3 is 6.03 Å². The third-order valence-electron chi connectivity index (χ3n) is 3.85. The molecule has 1 aromatic carbocycles. The fourth-order valence-electron chi connectivity index (χ4n) is 2.47. The average Bonchev–Trinajstić information content (AvgIpc) is 3.09. The van der Waals surface area contributed by atoms with Crippen LogP contribution in [0.4, 0.5) is 4.79 Å². The number of benzene rings is 1. The quantitative estimate of drug-likeness (QED) is 0.654. The topological polar surface area (TPSA) is 71.8 Å². The Balaban J connectivity index is 1.46. The van der Waals surface area contributed by atoms with Gasteiger partial charge in [0.15, 0.2) is 5.82 Å². The van der Waals surface area contributed by atoms with Gasteiger partial charge in [-0.15, -0.1) is 0 Å². The summed E-state index contributed by atoms with van der Waals surface area (Å²) >= 11 is 11.8. The van der Waals surface area contributed by atoms with Gasteiger partial charge in [0.25, 0.3) is 0 Å². The number of aromatic nitrogens is 3. The van der Waals surface area contributed by atoms with E-state index in [2.05, 4.69) is 20.7 Å². The van der Waals surface area contributed by atoms with E-state index < -0.39 is 0 Å². The zero-order valence-electron chi connectivity index (χ0n) is 14.7. The number of carbonyl (C=O) groups is 1. The third-order valence-corrected chi connectivity index (χ3v) is 4.59. The summed E-state index contributed by atoms with van der Waals surface area (Å²) in [4.78, 5) is 16.5. The molecule has 0 saturated heterocycles. The minimum absolute atomic E-state index is 0.250. The van der Waals surface area contributed by atoms with Crippen LogP contribution in [0.15, 0.2) is 48.7 Å². The average molecular weight is 404 g/mol. The number of rotatable bonds is 6. The number of amides is 2. The maximum Gasteiger partial charge on any atom is 0.315 e. The number of hydrogen-bond acceptors (Lipinski definition) is 3. The van der Waals surface area contributed by atoms with Crippen molar-refractivity contribution in [2.75, 3.05) is 6.54 Å².